The van der Waals surface area contributed by atoms with Crippen LogP contribution in [0.25, 0.3) is 0 Å². The Morgan fingerprint density at radius 2 is 1.78 bits per heavy atom. The van der Waals surface area contributed by atoms with Crippen molar-refractivity contribution < 1.29 is 14.6 Å². The quantitative estimate of drug-likeness (QED) is 0.691. The number of nitrogens with one attached hydrogen (secondary N) is 1. The van der Waals surface area contributed by atoms with Crippen LogP contribution >= 0.6 is 0 Å². The number of aryl methyl sites for hydroxylation is 1. The number of hydrogen-bond acceptors (Lipinski definition) is 4. The van der Waals surface area contributed by atoms with Crippen molar-refractivity contribution in [2.45, 2.75) is 25.8 Å². The molecule has 0 fully saturated rings. The van der Waals surface area contributed by atoms with Gasteiger partial charge in [-0.2, -0.15) is 0 Å². The predicted octanol–water partition coefficient (Wildman–Crippen LogP) is 1.61. The Labute approximate surface area is 109 Å². The zero-order valence-electron chi connectivity index (χ0n) is 11.4. The molecule has 0 aromatic heterocycles. The monoisotopic (exact) mass is 253 g/mol. The summed E-state index contributed by atoms with van der Waals surface area (Å²) in [7, 11) is 3.31. The first kappa shape index (κ1) is 14.8. The Bertz CT molecular complexity index is 333. The Balaban J connectivity index is 2.46. The van der Waals surface area contributed by atoms with Gasteiger partial charge in [-0.25, -0.2) is 0 Å². The molecule has 0 bridgehead atoms. The van der Waals surface area contributed by atoms with Crippen molar-refractivity contribution in [3.05, 3.63) is 23.8 Å². The largest absolute Gasteiger partial charge is 0.497 e. The van der Waals surface area contributed by atoms with Crippen LogP contribution in [-0.2, 0) is 6.42 Å². The van der Waals surface area contributed by atoms with E-state index in [2.05, 4.69) is 5.32 Å². The molecule has 1 rings (SSSR count). The fourth-order valence-electron chi connectivity index (χ4n) is 1.72. The maximum atomic E-state index is 8.89. The minimum absolute atomic E-state index is 0.157. The molecule has 0 saturated carbocycles. The second-order valence-corrected chi connectivity index (χ2v) is 4.36. The lowest BCUT2D eigenvalue weighted by Gasteiger charge is -2.11. The van der Waals surface area contributed by atoms with E-state index in [1.54, 1.807) is 14.2 Å². The van der Waals surface area contributed by atoms with Gasteiger partial charge in [0.1, 0.15) is 11.5 Å². The highest BCUT2D eigenvalue weighted by molar-refractivity contribution is 5.38. The van der Waals surface area contributed by atoms with Gasteiger partial charge in [-0.3, -0.25) is 0 Å². The van der Waals surface area contributed by atoms with Gasteiger partial charge in [-0.05, 0) is 44.0 Å². The van der Waals surface area contributed by atoms with E-state index >= 15 is 0 Å². The fourth-order valence-corrected chi connectivity index (χ4v) is 1.72. The van der Waals surface area contributed by atoms with E-state index in [4.69, 9.17) is 14.6 Å². The number of hydrogen-bond donors (Lipinski definition) is 2. The summed E-state index contributed by atoms with van der Waals surface area (Å²) in [5.74, 6) is 1.64. The minimum atomic E-state index is 0.157. The molecule has 102 valence electrons. The molecule has 4 heteroatoms. The topological polar surface area (TPSA) is 50.7 Å². The summed E-state index contributed by atoms with van der Waals surface area (Å²) in [6.07, 6.45) is 1.97. The van der Waals surface area contributed by atoms with Gasteiger partial charge < -0.3 is 19.9 Å². The molecule has 0 amide bonds. The molecule has 18 heavy (non-hydrogen) atoms. The second kappa shape index (κ2) is 7.95. The van der Waals surface area contributed by atoms with Crippen LogP contribution in [0.2, 0.25) is 0 Å². The summed E-state index contributed by atoms with van der Waals surface area (Å²) in [5.41, 5.74) is 1.20. The molecule has 0 saturated heterocycles. The Kier molecular flexibility index (Phi) is 6.54. The van der Waals surface area contributed by atoms with Gasteiger partial charge in [0.2, 0.25) is 0 Å². The molecule has 0 aliphatic rings. The van der Waals surface area contributed by atoms with Crippen molar-refractivity contribution in [2.24, 2.45) is 0 Å². The van der Waals surface area contributed by atoms with Gasteiger partial charge in [0.25, 0.3) is 0 Å². The third kappa shape index (κ3) is 4.94. The Morgan fingerprint density at radius 3 is 2.28 bits per heavy atom. The summed E-state index contributed by atoms with van der Waals surface area (Å²) in [6.45, 7) is 3.03. The van der Waals surface area contributed by atoms with Crippen LogP contribution in [0.3, 0.4) is 0 Å². The minimum Gasteiger partial charge on any atom is -0.497 e. The van der Waals surface area contributed by atoms with Crippen LogP contribution < -0.4 is 14.8 Å². The number of aliphatic hydroxyl groups is 1. The molecule has 0 spiro atoms. The third-order valence-corrected chi connectivity index (χ3v) is 2.82. The van der Waals surface area contributed by atoms with Crippen molar-refractivity contribution in [1.82, 2.24) is 5.32 Å². The van der Waals surface area contributed by atoms with E-state index in [1.807, 2.05) is 25.1 Å². The lowest BCUT2D eigenvalue weighted by atomic mass is 10.1. The van der Waals surface area contributed by atoms with Crippen molar-refractivity contribution in [1.29, 1.82) is 0 Å². The zero-order chi connectivity index (χ0) is 13.4. The normalized spacial score (nSPS) is 12.2. The molecule has 1 aromatic carbocycles. The van der Waals surface area contributed by atoms with Gasteiger partial charge in [0.15, 0.2) is 0 Å². The maximum absolute atomic E-state index is 8.89. The molecule has 4 nitrogen and oxygen atoms in total. The fraction of sp³-hybridized carbons (Fsp3) is 0.571. The summed E-state index contributed by atoms with van der Waals surface area (Å²) in [6, 6.07) is 6.08. The average molecular weight is 253 g/mol. The van der Waals surface area contributed by atoms with Gasteiger partial charge in [0.05, 0.1) is 20.8 Å². The highest BCUT2D eigenvalue weighted by Gasteiger charge is 2.02. The standard InChI is InChI=1S/C14H23NO3/c1-11(10-16)15-6-4-5-12-7-13(17-2)9-14(8-12)18-3/h7-9,11,15-16H,4-6,10H2,1-3H3. The van der Waals surface area contributed by atoms with E-state index in [0.717, 1.165) is 30.9 Å². The first-order chi connectivity index (χ1) is 8.69. The molecule has 0 heterocycles. The first-order valence-corrected chi connectivity index (χ1v) is 6.25. The zero-order valence-corrected chi connectivity index (χ0v) is 11.4. The van der Waals surface area contributed by atoms with E-state index in [1.165, 1.54) is 5.56 Å². The van der Waals surface area contributed by atoms with Gasteiger partial charge in [-0.15, -0.1) is 0 Å². The van der Waals surface area contributed by atoms with E-state index < -0.39 is 0 Å². The highest BCUT2D eigenvalue weighted by Crippen LogP contribution is 2.23. The summed E-state index contributed by atoms with van der Waals surface area (Å²) in [5, 5.41) is 12.1. The third-order valence-electron chi connectivity index (χ3n) is 2.82. The SMILES string of the molecule is COc1cc(CCCNC(C)CO)cc(OC)c1. The number of benzene rings is 1. The lowest BCUT2D eigenvalue weighted by Crippen LogP contribution is -2.30. The Hall–Kier alpha value is -1.26. The van der Waals surface area contributed by atoms with Gasteiger partial charge in [0, 0.05) is 12.1 Å². The first-order valence-electron chi connectivity index (χ1n) is 6.25. The van der Waals surface area contributed by atoms with Crippen LogP contribution in [0.1, 0.15) is 18.9 Å². The number of ether oxygens (including phenoxy) is 2. The Morgan fingerprint density at radius 1 is 1.17 bits per heavy atom. The smallest absolute Gasteiger partial charge is 0.122 e. The molecular formula is C14H23NO3. The van der Waals surface area contributed by atoms with Crippen LogP contribution in [0.15, 0.2) is 18.2 Å². The van der Waals surface area contributed by atoms with E-state index in [9.17, 15) is 0 Å². The van der Waals surface area contributed by atoms with Gasteiger partial charge in [-0.1, -0.05) is 0 Å². The molecule has 1 atom stereocenters. The number of rotatable bonds is 8. The van der Waals surface area contributed by atoms with Crippen LogP contribution in [0, 0.1) is 0 Å². The van der Waals surface area contributed by atoms with Crippen LogP contribution in [0.4, 0.5) is 0 Å². The number of methoxy groups -OCH3 is 2. The number of aliphatic hydroxyl groups excluding tert-OH is 1. The molecule has 0 radical (unpaired) electrons. The van der Waals surface area contributed by atoms with Crippen LogP contribution in [0.5, 0.6) is 11.5 Å². The lowest BCUT2D eigenvalue weighted by molar-refractivity contribution is 0.251. The molecule has 2 N–H and O–H groups in total. The van der Waals surface area contributed by atoms with Gasteiger partial charge >= 0.3 is 0 Å². The summed E-state index contributed by atoms with van der Waals surface area (Å²) >= 11 is 0. The molecule has 0 aliphatic heterocycles. The van der Waals surface area contributed by atoms with Crippen molar-refractivity contribution in [3.8, 4) is 11.5 Å². The molecular weight excluding hydrogens is 230 g/mol. The van der Waals surface area contributed by atoms with Crippen molar-refractivity contribution >= 4 is 0 Å². The maximum Gasteiger partial charge on any atom is 0.122 e. The summed E-state index contributed by atoms with van der Waals surface area (Å²) in [4.78, 5) is 0. The van der Waals surface area contributed by atoms with Crippen molar-refractivity contribution in [2.75, 3.05) is 27.4 Å². The average Bonchev–Trinajstić information content (AvgIpc) is 2.42. The highest BCUT2D eigenvalue weighted by atomic mass is 16.5. The van der Waals surface area contributed by atoms with E-state index in [-0.39, 0.29) is 12.6 Å². The molecule has 1 unspecified atom stereocenters. The van der Waals surface area contributed by atoms with Crippen molar-refractivity contribution in [3.63, 3.8) is 0 Å². The molecule has 1 aromatic rings. The molecule has 0 aliphatic carbocycles. The second-order valence-electron chi connectivity index (χ2n) is 4.36. The van der Waals surface area contributed by atoms with E-state index in [0.29, 0.717) is 0 Å². The summed E-state index contributed by atoms with van der Waals surface area (Å²) < 4.78 is 10.5. The predicted molar refractivity (Wildman–Crippen MR) is 72.4 cm³/mol. The van der Waals surface area contributed by atoms with Crippen LogP contribution in [-0.4, -0.2) is 38.5 Å².